The SMILES string of the molecule is COCC(CCCl)NCc1cc(F)cc(F)c1. The summed E-state index contributed by atoms with van der Waals surface area (Å²) in [5.41, 5.74) is 0.568. The van der Waals surface area contributed by atoms with Gasteiger partial charge in [0.1, 0.15) is 11.6 Å². The zero-order chi connectivity index (χ0) is 12.7. The lowest BCUT2D eigenvalue weighted by atomic mass is 10.2. The Morgan fingerprint density at radius 2 is 1.94 bits per heavy atom. The summed E-state index contributed by atoms with van der Waals surface area (Å²) in [7, 11) is 1.60. The molecule has 1 aromatic rings. The smallest absolute Gasteiger partial charge is 0.126 e. The van der Waals surface area contributed by atoms with E-state index in [0.717, 1.165) is 12.5 Å². The number of hydrogen-bond donors (Lipinski definition) is 1. The van der Waals surface area contributed by atoms with Gasteiger partial charge in [0.05, 0.1) is 6.61 Å². The molecule has 1 unspecified atom stereocenters. The molecule has 5 heteroatoms. The van der Waals surface area contributed by atoms with Gasteiger partial charge >= 0.3 is 0 Å². The Balaban J connectivity index is 2.52. The van der Waals surface area contributed by atoms with Crippen LogP contribution in [0.4, 0.5) is 8.78 Å². The van der Waals surface area contributed by atoms with Crippen molar-refractivity contribution in [3.05, 3.63) is 35.4 Å². The summed E-state index contributed by atoms with van der Waals surface area (Å²) >= 11 is 5.65. The van der Waals surface area contributed by atoms with E-state index in [9.17, 15) is 8.78 Å². The average Bonchev–Trinajstić information content (AvgIpc) is 2.25. The van der Waals surface area contributed by atoms with Crippen molar-refractivity contribution in [3.8, 4) is 0 Å². The average molecular weight is 264 g/mol. The van der Waals surface area contributed by atoms with E-state index >= 15 is 0 Å². The van der Waals surface area contributed by atoms with E-state index in [-0.39, 0.29) is 6.04 Å². The van der Waals surface area contributed by atoms with Crippen molar-refractivity contribution in [1.82, 2.24) is 5.32 Å². The quantitative estimate of drug-likeness (QED) is 0.764. The summed E-state index contributed by atoms with van der Waals surface area (Å²) in [6, 6.07) is 3.56. The maximum atomic E-state index is 12.9. The molecule has 0 aliphatic rings. The van der Waals surface area contributed by atoms with E-state index in [2.05, 4.69) is 5.32 Å². The number of benzene rings is 1. The van der Waals surface area contributed by atoms with Gasteiger partial charge in [-0.05, 0) is 24.1 Å². The molecule has 1 rings (SSSR count). The fourth-order valence-electron chi connectivity index (χ4n) is 1.55. The highest BCUT2D eigenvalue weighted by molar-refractivity contribution is 6.17. The number of nitrogens with one attached hydrogen (secondary N) is 1. The van der Waals surface area contributed by atoms with Crippen molar-refractivity contribution in [2.75, 3.05) is 19.6 Å². The molecule has 96 valence electrons. The largest absolute Gasteiger partial charge is 0.383 e. The molecule has 2 nitrogen and oxygen atoms in total. The Labute approximate surface area is 105 Å². The minimum absolute atomic E-state index is 0.0869. The number of hydrogen-bond acceptors (Lipinski definition) is 2. The van der Waals surface area contributed by atoms with Gasteiger partial charge in [0, 0.05) is 31.6 Å². The number of methoxy groups -OCH3 is 1. The lowest BCUT2D eigenvalue weighted by Gasteiger charge is -2.16. The molecule has 0 bridgehead atoms. The number of ether oxygens (including phenoxy) is 1. The molecule has 1 atom stereocenters. The van der Waals surface area contributed by atoms with Crippen LogP contribution in [-0.4, -0.2) is 25.6 Å². The highest BCUT2D eigenvalue weighted by Gasteiger charge is 2.08. The minimum Gasteiger partial charge on any atom is -0.383 e. The van der Waals surface area contributed by atoms with Crippen molar-refractivity contribution in [2.24, 2.45) is 0 Å². The predicted octanol–water partition coefficient (Wildman–Crippen LogP) is 2.70. The first-order valence-corrected chi connectivity index (χ1v) is 5.92. The van der Waals surface area contributed by atoms with Gasteiger partial charge < -0.3 is 10.1 Å². The first kappa shape index (κ1) is 14.4. The third kappa shape index (κ3) is 5.44. The second-order valence-electron chi connectivity index (χ2n) is 3.79. The zero-order valence-electron chi connectivity index (χ0n) is 9.68. The second-order valence-corrected chi connectivity index (χ2v) is 4.17. The Morgan fingerprint density at radius 3 is 2.47 bits per heavy atom. The Morgan fingerprint density at radius 1 is 1.29 bits per heavy atom. The molecule has 0 heterocycles. The number of alkyl halides is 1. The Bertz CT molecular complexity index is 323. The molecule has 0 amide bonds. The van der Waals surface area contributed by atoms with Crippen LogP contribution in [0.3, 0.4) is 0 Å². The standard InChI is InChI=1S/C12H16ClF2NO/c1-17-8-12(2-3-13)16-7-9-4-10(14)6-11(15)5-9/h4-6,12,16H,2-3,7-8H2,1H3. The number of rotatable bonds is 7. The highest BCUT2D eigenvalue weighted by Crippen LogP contribution is 2.08. The van der Waals surface area contributed by atoms with Crippen LogP contribution in [0.15, 0.2) is 18.2 Å². The van der Waals surface area contributed by atoms with E-state index in [0.29, 0.717) is 24.6 Å². The zero-order valence-corrected chi connectivity index (χ0v) is 10.4. The van der Waals surface area contributed by atoms with Gasteiger partial charge in [0.15, 0.2) is 0 Å². The third-order valence-corrected chi connectivity index (χ3v) is 2.56. The van der Waals surface area contributed by atoms with Gasteiger partial charge in [-0.1, -0.05) is 0 Å². The summed E-state index contributed by atoms with van der Waals surface area (Å²) in [6.45, 7) is 0.907. The van der Waals surface area contributed by atoms with Gasteiger partial charge in [-0.3, -0.25) is 0 Å². The fraction of sp³-hybridized carbons (Fsp3) is 0.500. The molecule has 17 heavy (non-hydrogen) atoms. The van der Waals surface area contributed by atoms with Crippen LogP contribution in [0.5, 0.6) is 0 Å². The topological polar surface area (TPSA) is 21.3 Å². The van der Waals surface area contributed by atoms with Crippen LogP contribution in [0.2, 0.25) is 0 Å². The van der Waals surface area contributed by atoms with E-state index in [4.69, 9.17) is 16.3 Å². The van der Waals surface area contributed by atoms with Crippen LogP contribution < -0.4 is 5.32 Å². The van der Waals surface area contributed by atoms with Crippen LogP contribution in [0, 0.1) is 11.6 Å². The molecule has 0 aliphatic heterocycles. The van der Waals surface area contributed by atoms with E-state index in [1.54, 1.807) is 7.11 Å². The normalized spacial score (nSPS) is 12.7. The lowest BCUT2D eigenvalue weighted by Crippen LogP contribution is -2.33. The molecule has 1 aromatic carbocycles. The van der Waals surface area contributed by atoms with E-state index in [1.807, 2.05) is 0 Å². The summed E-state index contributed by atoms with van der Waals surface area (Å²) in [6.07, 6.45) is 0.743. The summed E-state index contributed by atoms with van der Waals surface area (Å²) in [5.74, 6) is -0.622. The molecular formula is C12H16ClF2NO. The minimum atomic E-state index is -0.567. The van der Waals surface area contributed by atoms with Crippen molar-refractivity contribution >= 4 is 11.6 Å². The van der Waals surface area contributed by atoms with Crippen molar-refractivity contribution in [1.29, 1.82) is 0 Å². The highest BCUT2D eigenvalue weighted by atomic mass is 35.5. The molecule has 0 fully saturated rings. The van der Waals surface area contributed by atoms with Gasteiger partial charge in [-0.25, -0.2) is 8.78 Å². The van der Waals surface area contributed by atoms with Gasteiger partial charge in [-0.2, -0.15) is 0 Å². The van der Waals surface area contributed by atoms with Crippen LogP contribution in [0.25, 0.3) is 0 Å². The van der Waals surface area contributed by atoms with Gasteiger partial charge in [0.2, 0.25) is 0 Å². The number of halogens is 3. The second kappa shape index (κ2) is 7.58. The van der Waals surface area contributed by atoms with E-state index in [1.165, 1.54) is 12.1 Å². The molecule has 0 aliphatic carbocycles. The van der Waals surface area contributed by atoms with Gasteiger partial charge in [0.25, 0.3) is 0 Å². The molecule has 0 saturated carbocycles. The maximum absolute atomic E-state index is 12.9. The fourth-order valence-corrected chi connectivity index (χ4v) is 1.82. The van der Waals surface area contributed by atoms with E-state index < -0.39 is 11.6 Å². The maximum Gasteiger partial charge on any atom is 0.126 e. The molecule has 0 spiro atoms. The summed E-state index contributed by atoms with van der Waals surface area (Å²) in [4.78, 5) is 0. The molecule has 0 aromatic heterocycles. The first-order chi connectivity index (χ1) is 8.15. The Hall–Kier alpha value is -0.710. The monoisotopic (exact) mass is 263 g/mol. The summed E-state index contributed by atoms with van der Waals surface area (Å²) < 4.78 is 30.9. The van der Waals surface area contributed by atoms with Crippen LogP contribution in [-0.2, 0) is 11.3 Å². The third-order valence-electron chi connectivity index (χ3n) is 2.34. The van der Waals surface area contributed by atoms with Crippen LogP contribution in [0.1, 0.15) is 12.0 Å². The van der Waals surface area contributed by atoms with Crippen molar-refractivity contribution in [2.45, 2.75) is 19.0 Å². The molecule has 0 saturated heterocycles. The Kier molecular flexibility index (Phi) is 6.40. The van der Waals surface area contributed by atoms with Gasteiger partial charge in [-0.15, -0.1) is 11.6 Å². The van der Waals surface area contributed by atoms with Crippen molar-refractivity contribution in [3.63, 3.8) is 0 Å². The summed E-state index contributed by atoms with van der Waals surface area (Å²) in [5, 5.41) is 3.15. The lowest BCUT2D eigenvalue weighted by molar-refractivity contribution is 0.164. The predicted molar refractivity (Wildman–Crippen MR) is 64.2 cm³/mol. The molecule has 0 radical (unpaired) electrons. The van der Waals surface area contributed by atoms with Crippen molar-refractivity contribution < 1.29 is 13.5 Å². The van der Waals surface area contributed by atoms with Crippen LogP contribution >= 0.6 is 11.6 Å². The molecule has 1 N–H and O–H groups in total. The first-order valence-electron chi connectivity index (χ1n) is 5.39. The molecular weight excluding hydrogens is 248 g/mol.